The second kappa shape index (κ2) is 6.77. The van der Waals surface area contributed by atoms with Gasteiger partial charge in [0.05, 0.1) is 6.42 Å². The van der Waals surface area contributed by atoms with Gasteiger partial charge in [0.15, 0.2) is 18.1 Å². The van der Waals surface area contributed by atoms with E-state index in [1.165, 1.54) is 16.9 Å². The standard InChI is InChI=1S/C16H18N2O6/c1-11(19)22-9-16(21)18-6-2-5-17(18)15(20)8-12-3-4-13-14(7-12)24-10-23-13/h3-4,7H,2,5-6,8-10H2,1H3. The van der Waals surface area contributed by atoms with Gasteiger partial charge in [0, 0.05) is 20.0 Å². The minimum Gasteiger partial charge on any atom is -0.456 e. The summed E-state index contributed by atoms with van der Waals surface area (Å²) in [7, 11) is 0. The van der Waals surface area contributed by atoms with Crippen LogP contribution in [0.5, 0.6) is 11.5 Å². The molecule has 3 rings (SSSR count). The lowest BCUT2D eigenvalue weighted by Gasteiger charge is -2.27. The van der Waals surface area contributed by atoms with Crippen LogP contribution in [0.25, 0.3) is 0 Å². The van der Waals surface area contributed by atoms with Crippen LogP contribution in [0.4, 0.5) is 0 Å². The Labute approximate surface area is 138 Å². The molecule has 8 nitrogen and oxygen atoms in total. The van der Waals surface area contributed by atoms with Gasteiger partial charge < -0.3 is 14.2 Å². The number of amides is 2. The molecule has 8 heteroatoms. The highest BCUT2D eigenvalue weighted by Gasteiger charge is 2.31. The molecule has 0 atom stereocenters. The summed E-state index contributed by atoms with van der Waals surface area (Å²) in [5.74, 6) is 0.153. The predicted molar refractivity (Wildman–Crippen MR) is 80.9 cm³/mol. The molecule has 0 bridgehead atoms. The predicted octanol–water partition coefficient (Wildman–Crippen LogP) is 0.497. The first-order valence-electron chi connectivity index (χ1n) is 7.67. The lowest BCUT2D eigenvalue weighted by Crippen LogP contribution is -2.47. The van der Waals surface area contributed by atoms with Crippen molar-refractivity contribution in [3.05, 3.63) is 23.8 Å². The number of esters is 1. The Kier molecular flexibility index (Phi) is 4.54. The molecule has 0 N–H and O–H groups in total. The van der Waals surface area contributed by atoms with Crippen LogP contribution >= 0.6 is 0 Å². The number of benzene rings is 1. The Bertz CT molecular complexity index is 675. The van der Waals surface area contributed by atoms with E-state index in [1.54, 1.807) is 18.2 Å². The average Bonchev–Trinajstić information content (AvgIpc) is 3.20. The van der Waals surface area contributed by atoms with Crippen LogP contribution in [0, 0.1) is 0 Å². The third-order valence-corrected chi connectivity index (χ3v) is 3.80. The second-order valence-electron chi connectivity index (χ2n) is 5.53. The molecule has 2 heterocycles. The summed E-state index contributed by atoms with van der Waals surface area (Å²) in [6.45, 7) is 1.96. The number of nitrogens with zero attached hydrogens (tertiary/aromatic N) is 2. The molecular formula is C16H18N2O6. The van der Waals surface area contributed by atoms with Crippen LogP contribution in [0.15, 0.2) is 18.2 Å². The van der Waals surface area contributed by atoms with Gasteiger partial charge in [-0.25, -0.2) is 5.01 Å². The van der Waals surface area contributed by atoms with Gasteiger partial charge in [0.25, 0.3) is 5.91 Å². The monoisotopic (exact) mass is 334 g/mol. The highest BCUT2D eigenvalue weighted by molar-refractivity contribution is 5.85. The van der Waals surface area contributed by atoms with E-state index in [4.69, 9.17) is 14.2 Å². The van der Waals surface area contributed by atoms with E-state index in [0.717, 1.165) is 5.56 Å². The van der Waals surface area contributed by atoms with Crippen molar-refractivity contribution >= 4 is 17.8 Å². The van der Waals surface area contributed by atoms with Crippen molar-refractivity contribution in [2.45, 2.75) is 19.8 Å². The normalized spacial score (nSPS) is 15.5. The van der Waals surface area contributed by atoms with Gasteiger partial charge in [0.1, 0.15) is 0 Å². The maximum Gasteiger partial charge on any atom is 0.303 e. The van der Waals surface area contributed by atoms with Crippen LogP contribution in [0.1, 0.15) is 18.9 Å². The minimum atomic E-state index is -0.527. The Morgan fingerprint density at radius 3 is 2.54 bits per heavy atom. The fourth-order valence-corrected chi connectivity index (χ4v) is 2.69. The molecule has 1 fully saturated rings. The zero-order valence-corrected chi connectivity index (χ0v) is 13.3. The lowest BCUT2D eigenvalue weighted by molar-refractivity contribution is -0.163. The molecule has 0 radical (unpaired) electrons. The van der Waals surface area contributed by atoms with E-state index in [1.807, 2.05) is 0 Å². The van der Waals surface area contributed by atoms with E-state index in [9.17, 15) is 14.4 Å². The van der Waals surface area contributed by atoms with Crippen LogP contribution in [0.2, 0.25) is 0 Å². The largest absolute Gasteiger partial charge is 0.456 e. The van der Waals surface area contributed by atoms with Crippen molar-refractivity contribution in [2.75, 3.05) is 26.5 Å². The second-order valence-corrected chi connectivity index (χ2v) is 5.53. The number of fused-ring (bicyclic) bond motifs is 1. The van der Waals surface area contributed by atoms with Gasteiger partial charge in [-0.1, -0.05) is 6.07 Å². The maximum absolute atomic E-state index is 12.5. The highest BCUT2D eigenvalue weighted by Crippen LogP contribution is 2.32. The molecule has 2 aliphatic heterocycles. The molecule has 1 saturated heterocycles. The summed E-state index contributed by atoms with van der Waals surface area (Å²) in [6.07, 6.45) is 0.840. The van der Waals surface area contributed by atoms with Crippen molar-refractivity contribution in [3.8, 4) is 11.5 Å². The number of carbonyl (C=O) groups excluding carboxylic acids is 3. The van der Waals surface area contributed by atoms with Crippen molar-refractivity contribution in [1.82, 2.24) is 10.0 Å². The molecule has 0 unspecified atom stereocenters. The smallest absolute Gasteiger partial charge is 0.303 e. The van der Waals surface area contributed by atoms with Gasteiger partial charge >= 0.3 is 5.97 Å². The van der Waals surface area contributed by atoms with Crippen LogP contribution in [0.3, 0.4) is 0 Å². The van der Waals surface area contributed by atoms with Gasteiger partial charge in [-0.05, 0) is 24.1 Å². The summed E-state index contributed by atoms with van der Waals surface area (Å²) >= 11 is 0. The first kappa shape index (κ1) is 16.1. The number of rotatable bonds is 4. The topological polar surface area (TPSA) is 85.4 Å². The Morgan fingerprint density at radius 2 is 1.79 bits per heavy atom. The molecule has 0 aromatic heterocycles. The van der Waals surface area contributed by atoms with E-state index in [0.29, 0.717) is 31.0 Å². The van der Waals surface area contributed by atoms with E-state index in [2.05, 4.69) is 0 Å². The van der Waals surface area contributed by atoms with Gasteiger partial charge in [-0.2, -0.15) is 0 Å². The highest BCUT2D eigenvalue weighted by atomic mass is 16.7. The molecular weight excluding hydrogens is 316 g/mol. The minimum absolute atomic E-state index is 0.147. The molecule has 128 valence electrons. The van der Waals surface area contributed by atoms with Crippen molar-refractivity contribution in [1.29, 1.82) is 0 Å². The molecule has 0 saturated carbocycles. The van der Waals surface area contributed by atoms with Crippen molar-refractivity contribution in [2.24, 2.45) is 0 Å². The molecule has 2 amide bonds. The summed E-state index contributed by atoms with van der Waals surface area (Å²) in [4.78, 5) is 35.4. The van der Waals surface area contributed by atoms with Crippen LogP contribution < -0.4 is 9.47 Å². The van der Waals surface area contributed by atoms with E-state index < -0.39 is 11.9 Å². The van der Waals surface area contributed by atoms with Gasteiger partial charge in [0.2, 0.25) is 12.7 Å². The van der Waals surface area contributed by atoms with Crippen molar-refractivity contribution < 1.29 is 28.6 Å². The summed E-state index contributed by atoms with van der Waals surface area (Å²) in [5, 5.41) is 2.76. The lowest BCUT2D eigenvalue weighted by atomic mass is 10.1. The molecule has 1 aromatic carbocycles. The fraction of sp³-hybridized carbons (Fsp3) is 0.438. The first-order chi connectivity index (χ1) is 11.5. The Hall–Kier alpha value is -2.77. The van der Waals surface area contributed by atoms with E-state index >= 15 is 0 Å². The molecule has 24 heavy (non-hydrogen) atoms. The third-order valence-electron chi connectivity index (χ3n) is 3.80. The van der Waals surface area contributed by atoms with Gasteiger partial charge in [-0.15, -0.1) is 0 Å². The summed E-state index contributed by atoms with van der Waals surface area (Å²) in [6, 6.07) is 5.33. The Morgan fingerprint density at radius 1 is 1.08 bits per heavy atom. The number of ether oxygens (including phenoxy) is 3. The van der Waals surface area contributed by atoms with E-state index in [-0.39, 0.29) is 25.7 Å². The summed E-state index contributed by atoms with van der Waals surface area (Å²) < 4.78 is 15.3. The average molecular weight is 334 g/mol. The molecule has 1 aromatic rings. The molecule has 0 spiro atoms. The number of hydrogen-bond donors (Lipinski definition) is 0. The fourth-order valence-electron chi connectivity index (χ4n) is 2.69. The van der Waals surface area contributed by atoms with Crippen molar-refractivity contribution in [3.63, 3.8) is 0 Å². The quantitative estimate of drug-likeness (QED) is 0.745. The maximum atomic E-state index is 12.5. The Balaban J connectivity index is 1.63. The molecule has 0 aliphatic carbocycles. The van der Waals surface area contributed by atoms with Gasteiger partial charge in [-0.3, -0.25) is 19.4 Å². The van der Waals surface area contributed by atoms with Crippen LogP contribution in [-0.4, -0.2) is 54.3 Å². The number of carbonyl (C=O) groups is 3. The number of hydrogen-bond acceptors (Lipinski definition) is 6. The van der Waals surface area contributed by atoms with Crippen LogP contribution in [-0.2, 0) is 25.5 Å². The SMILES string of the molecule is CC(=O)OCC(=O)N1CCCN1C(=O)Cc1ccc2c(c1)OCO2. The first-order valence-corrected chi connectivity index (χ1v) is 7.67. The third kappa shape index (κ3) is 3.42. The summed E-state index contributed by atoms with van der Waals surface area (Å²) in [5.41, 5.74) is 0.781. The number of hydrazine groups is 1. The zero-order valence-electron chi connectivity index (χ0n) is 13.3. The zero-order chi connectivity index (χ0) is 17.1. The molecule has 2 aliphatic rings.